The van der Waals surface area contributed by atoms with E-state index in [1.807, 2.05) is 6.92 Å². The number of nitrogens with one attached hydrogen (secondary N) is 2. The topological polar surface area (TPSA) is 89.0 Å². The molecule has 2 amide bonds. The molecule has 160 valence electrons. The highest BCUT2D eigenvalue weighted by Gasteiger charge is 2.11. The summed E-state index contributed by atoms with van der Waals surface area (Å²) >= 11 is 3.44. The van der Waals surface area contributed by atoms with E-state index in [1.165, 1.54) is 31.5 Å². The highest BCUT2D eigenvalue weighted by atomic mass is 79.9. The van der Waals surface area contributed by atoms with Crippen molar-refractivity contribution >= 4 is 39.6 Å². The molecule has 2 rings (SSSR count). The lowest BCUT2D eigenvalue weighted by Crippen LogP contribution is -2.21. The number of nitrogens with zero attached hydrogens (tertiary/aromatic N) is 1. The Morgan fingerprint density at radius 2 is 1.93 bits per heavy atom. The predicted molar refractivity (Wildman–Crippen MR) is 116 cm³/mol. The number of hydrogen-bond donors (Lipinski definition) is 2. The summed E-state index contributed by atoms with van der Waals surface area (Å²) < 4.78 is 25.2. The number of halogens is 2. The monoisotopic (exact) mass is 479 g/mol. The molecule has 0 unspecified atom stereocenters. The number of rotatable bonds is 10. The van der Waals surface area contributed by atoms with E-state index in [-0.39, 0.29) is 18.5 Å². The van der Waals surface area contributed by atoms with Crippen molar-refractivity contribution in [1.29, 1.82) is 0 Å². The van der Waals surface area contributed by atoms with Crippen LogP contribution in [-0.4, -0.2) is 31.7 Å². The zero-order valence-corrected chi connectivity index (χ0v) is 18.3. The molecule has 0 spiro atoms. The lowest BCUT2D eigenvalue weighted by atomic mass is 10.2. The van der Waals surface area contributed by atoms with Crippen LogP contribution in [0.25, 0.3) is 0 Å². The third-order valence-corrected chi connectivity index (χ3v) is 4.42. The first-order valence-electron chi connectivity index (χ1n) is 9.31. The molecule has 0 aliphatic rings. The molecule has 9 heteroatoms. The molecule has 0 heterocycles. The minimum atomic E-state index is -0.535. The largest absolute Gasteiger partial charge is 0.493 e. The van der Waals surface area contributed by atoms with Gasteiger partial charge in [-0.2, -0.15) is 5.10 Å². The van der Waals surface area contributed by atoms with Crippen molar-refractivity contribution in [2.24, 2.45) is 5.10 Å². The van der Waals surface area contributed by atoms with Crippen molar-refractivity contribution in [2.75, 3.05) is 19.0 Å². The van der Waals surface area contributed by atoms with Gasteiger partial charge < -0.3 is 14.8 Å². The van der Waals surface area contributed by atoms with Crippen LogP contribution in [0.2, 0.25) is 0 Å². The zero-order chi connectivity index (χ0) is 21.9. The number of carbonyl (C=O) groups is 2. The van der Waals surface area contributed by atoms with Crippen molar-refractivity contribution in [3.05, 3.63) is 52.3 Å². The molecule has 0 atom stereocenters. The number of hydrazone groups is 1. The molecular weight excluding hydrogens is 457 g/mol. The summed E-state index contributed by atoms with van der Waals surface area (Å²) in [5, 5.41) is 6.32. The van der Waals surface area contributed by atoms with Crippen molar-refractivity contribution < 1.29 is 23.5 Å². The third-order valence-electron chi connectivity index (χ3n) is 3.83. The van der Waals surface area contributed by atoms with E-state index < -0.39 is 17.6 Å². The van der Waals surface area contributed by atoms with Crippen LogP contribution in [0.3, 0.4) is 0 Å². The average Bonchev–Trinajstić information content (AvgIpc) is 2.73. The molecule has 0 saturated heterocycles. The van der Waals surface area contributed by atoms with E-state index in [2.05, 4.69) is 31.8 Å². The van der Waals surface area contributed by atoms with Gasteiger partial charge in [0.2, 0.25) is 11.8 Å². The van der Waals surface area contributed by atoms with Crippen LogP contribution in [0.5, 0.6) is 11.5 Å². The molecule has 2 aromatic rings. The Hall–Kier alpha value is -2.94. The lowest BCUT2D eigenvalue weighted by Gasteiger charge is -2.12. The second-order valence-corrected chi connectivity index (χ2v) is 7.06. The van der Waals surface area contributed by atoms with Gasteiger partial charge in [-0.15, -0.1) is 0 Å². The highest BCUT2D eigenvalue weighted by Crippen LogP contribution is 2.36. The molecule has 7 nitrogen and oxygen atoms in total. The molecule has 0 radical (unpaired) electrons. The maximum absolute atomic E-state index is 13.5. The van der Waals surface area contributed by atoms with Crippen LogP contribution >= 0.6 is 15.9 Å². The van der Waals surface area contributed by atoms with Gasteiger partial charge >= 0.3 is 0 Å². The first kappa shape index (κ1) is 23.3. The van der Waals surface area contributed by atoms with Crippen molar-refractivity contribution in [2.45, 2.75) is 26.2 Å². The summed E-state index contributed by atoms with van der Waals surface area (Å²) in [6.07, 6.45) is 2.13. The normalized spacial score (nSPS) is 10.7. The van der Waals surface area contributed by atoms with Gasteiger partial charge in [0, 0.05) is 12.8 Å². The summed E-state index contributed by atoms with van der Waals surface area (Å²) in [4.78, 5) is 23.7. The quantitative estimate of drug-likeness (QED) is 0.393. The number of amides is 2. The van der Waals surface area contributed by atoms with Crippen LogP contribution in [-0.2, 0) is 9.59 Å². The fourth-order valence-corrected chi connectivity index (χ4v) is 2.97. The summed E-state index contributed by atoms with van der Waals surface area (Å²) in [6.45, 7) is 2.57. The average molecular weight is 480 g/mol. The highest BCUT2D eigenvalue weighted by molar-refractivity contribution is 9.10. The van der Waals surface area contributed by atoms with E-state index in [0.29, 0.717) is 28.1 Å². The number of ether oxygens (including phenoxy) is 2. The Morgan fingerprint density at radius 1 is 1.20 bits per heavy atom. The van der Waals surface area contributed by atoms with E-state index in [0.717, 1.165) is 6.42 Å². The van der Waals surface area contributed by atoms with Gasteiger partial charge in [0.1, 0.15) is 5.82 Å². The molecule has 0 aliphatic heterocycles. The van der Waals surface area contributed by atoms with Gasteiger partial charge in [-0.05, 0) is 52.2 Å². The number of methoxy groups -OCH3 is 1. The molecular formula is C21H23BrFN3O4. The molecule has 0 aliphatic carbocycles. The molecule has 0 saturated carbocycles. The summed E-state index contributed by atoms with van der Waals surface area (Å²) in [7, 11) is 1.54. The maximum Gasteiger partial charge on any atom is 0.240 e. The first-order valence-corrected chi connectivity index (χ1v) is 10.1. The number of carbonyl (C=O) groups excluding carboxylic acids is 2. The van der Waals surface area contributed by atoms with Crippen molar-refractivity contribution in [1.82, 2.24) is 5.43 Å². The number of hydrogen-bond acceptors (Lipinski definition) is 5. The molecule has 30 heavy (non-hydrogen) atoms. The Balaban J connectivity index is 1.86. The molecule has 0 bridgehead atoms. The minimum Gasteiger partial charge on any atom is -0.493 e. The number of benzene rings is 2. The van der Waals surface area contributed by atoms with Crippen molar-refractivity contribution in [3.8, 4) is 11.5 Å². The van der Waals surface area contributed by atoms with Crippen LogP contribution in [0, 0.1) is 5.82 Å². The van der Waals surface area contributed by atoms with E-state index in [1.54, 1.807) is 18.2 Å². The van der Waals surface area contributed by atoms with Gasteiger partial charge in [0.25, 0.3) is 0 Å². The third kappa shape index (κ3) is 7.14. The fourth-order valence-electron chi connectivity index (χ4n) is 2.40. The number of para-hydroxylation sites is 1. The van der Waals surface area contributed by atoms with Gasteiger partial charge in [-0.1, -0.05) is 19.1 Å². The molecule has 2 aromatic carbocycles. The summed E-state index contributed by atoms with van der Waals surface area (Å²) in [5.41, 5.74) is 3.11. The van der Waals surface area contributed by atoms with Gasteiger partial charge in [-0.25, -0.2) is 9.82 Å². The minimum absolute atomic E-state index is 0.0758. The second-order valence-electron chi connectivity index (χ2n) is 6.20. The van der Waals surface area contributed by atoms with Gasteiger partial charge in [0.05, 0.1) is 30.1 Å². The van der Waals surface area contributed by atoms with Crippen LogP contribution < -0.4 is 20.2 Å². The summed E-state index contributed by atoms with van der Waals surface area (Å²) in [6, 6.07) is 9.33. The van der Waals surface area contributed by atoms with E-state index in [9.17, 15) is 14.0 Å². The second kappa shape index (κ2) is 11.9. The van der Waals surface area contributed by atoms with E-state index in [4.69, 9.17) is 9.47 Å². The maximum atomic E-state index is 13.5. The zero-order valence-electron chi connectivity index (χ0n) is 16.7. The molecule has 2 N–H and O–H groups in total. The lowest BCUT2D eigenvalue weighted by molar-refractivity contribution is -0.124. The fraction of sp³-hybridized carbons (Fsp3) is 0.286. The Labute approximate surface area is 182 Å². The molecule has 0 fully saturated rings. The Bertz CT molecular complexity index is 921. The van der Waals surface area contributed by atoms with E-state index >= 15 is 0 Å². The Morgan fingerprint density at radius 3 is 2.63 bits per heavy atom. The predicted octanol–water partition coefficient (Wildman–Crippen LogP) is 4.25. The van der Waals surface area contributed by atoms with Crippen molar-refractivity contribution in [3.63, 3.8) is 0 Å². The standard InChI is InChI=1S/C21H23BrFN3O4/c1-3-10-30-21-15(22)11-14(12-18(21)29-2)13-24-26-20(28)9-8-19(27)25-17-7-5-4-6-16(17)23/h4-7,11-13H,3,8-10H2,1-2H3,(H,25,27)(H,26,28). The summed E-state index contributed by atoms with van der Waals surface area (Å²) in [5.74, 6) is -0.302. The smallest absolute Gasteiger partial charge is 0.240 e. The van der Waals surface area contributed by atoms with Crippen LogP contribution in [0.15, 0.2) is 46.0 Å². The van der Waals surface area contributed by atoms with Gasteiger partial charge in [0.15, 0.2) is 11.5 Å². The first-order chi connectivity index (χ1) is 14.4. The van der Waals surface area contributed by atoms with Crippen LogP contribution in [0.1, 0.15) is 31.7 Å². The number of anilines is 1. The van der Waals surface area contributed by atoms with Crippen LogP contribution in [0.4, 0.5) is 10.1 Å². The Kier molecular flexibility index (Phi) is 9.27. The van der Waals surface area contributed by atoms with Gasteiger partial charge in [-0.3, -0.25) is 9.59 Å². The SMILES string of the molecule is CCCOc1c(Br)cc(C=NNC(=O)CCC(=O)Nc2ccccc2F)cc1OC. The molecule has 0 aromatic heterocycles.